The molecule has 4 N–H and O–H groups in total. The molecule has 0 radical (unpaired) electrons. The molecule has 0 aliphatic rings. The lowest BCUT2D eigenvalue weighted by Crippen LogP contribution is -2.42. The molecule has 180 valence electrons. The van der Waals surface area contributed by atoms with Gasteiger partial charge in [0, 0.05) is 25.9 Å². The number of aryl methyl sites for hydroxylation is 1. The van der Waals surface area contributed by atoms with Gasteiger partial charge in [0.1, 0.15) is 11.5 Å². The number of H-pyrrole nitrogens is 1. The lowest BCUT2D eigenvalue weighted by Gasteiger charge is -2.26. The average molecular weight is 466 g/mol. The van der Waals surface area contributed by atoms with Crippen molar-refractivity contribution in [2.75, 3.05) is 42.8 Å². The van der Waals surface area contributed by atoms with Crippen molar-refractivity contribution in [2.24, 2.45) is 0 Å². The van der Waals surface area contributed by atoms with Gasteiger partial charge in [-0.25, -0.2) is 4.79 Å². The summed E-state index contributed by atoms with van der Waals surface area (Å²) in [5.41, 5.74) is 7.79. The smallest absolute Gasteiger partial charge is 0.330 e. The van der Waals surface area contributed by atoms with E-state index in [2.05, 4.69) is 10.3 Å². The summed E-state index contributed by atoms with van der Waals surface area (Å²) in [6.45, 7) is 2.87. The van der Waals surface area contributed by atoms with Crippen LogP contribution in [0, 0.1) is 0 Å². The monoisotopic (exact) mass is 465 g/mol. The Morgan fingerprint density at radius 3 is 2.53 bits per heavy atom. The van der Waals surface area contributed by atoms with E-state index in [1.54, 1.807) is 12.0 Å². The number of ether oxygens (including phenoxy) is 1. The van der Waals surface area contributed by atoms with Crippen molar-refractivity contribution < 1.29 is 9.53 Å². The number of aromatic amines is 1. The molecule has 0 aliphatic heterocycles. The van der Waals surface area contributed by atoms with E-state index in [0.717, 1.165) is 23.2 Å². The van der Waals surface area contributed by atoms with Crippen molar-refractivity contribution in [3.63, 3.8) is 0 Å². The van der Waals surface area contributed by atoms with Crippen molar-refractivity contribution >= 4 is 23.1 Å². The number of aromatic nitrogens is 2. The van der Waals surface area contributed by atoms with Gasteiger partial charge < -0.3 is 20.7 Å². The van der Waals surface area contributed by atoms with Crippen LogP contribution in [-0.4, -0.2) is 42.3 Å². The molecule has 2 aromatic carbocycles. The third kappa shape index (κ3) is 6.14. The van der Waals surface area contributed by atoms with Crippen LogP contribution in [0.4, 0.5) is 17.2 Å². The van der Waals surface area contributed by atoms with Gasteiger partial charge in [0.2, 0.25) is 5.91 Å². The Morgan fingerprint density at radius 2 is 1.82 bits per heavy atom. The van der Waals surface area contributed by atoms with Gasteiger partial charge in [-0.3, -0.25) is 19.1 Å². The third-order valence-electron chi connectivity index (χ3n) is 5.50. The predicted molar refractivity (Wildman–Crippen MR) is 134 cm³/mol. The van der Waals surface area contributed by atoms with Crippen LogP contribution in [0.2, 0.25) is 0 Å². The van der Waals surface area contributed by atoms with Crippen molar-refractivity contribution in [3.8, 4) is 0 Å². The van der Waals surface area contributed by atoms with Gasteiger partial charge in [0.15, 0.2) is 0 Å². The summed E-state index contributed by atoms with van der Waals surface area (Å²) in [4.78, 5) is 42.3. The first-order chi connectivity index (χ1) is 16.4. The minimum atomic E-state index is -0.633. The number of nitrogens with two attached hydrogens (primary N) is 1. The Kier molecular flexibility index (Phi) is 8.64. The van der Waals surface area contributed by atoms with Gasteiger partial charge in [0.05, 0.1) is 13.1 Å². The number of amides is 1. The van der Waals surface area contributed by atoms with Crippen LogP contribution in [0.15, 0.2) is 64.2 Å². The number of carbonyl (C=O) groups excluding carboxylic acids is 1. The van der Waals surface area contributed by atoms with Gasteiger partial charge in [-0.1, -0.05) is 55.5 Å². The Balaban J connectivity index is 1.93. The summed E-state index contributed by atoms with van der Waals surface area (Å²) in [7, 11) is 1.58. The molecule has 0 aliphatic carbocycles. The average Bonchev–Trinajstić information content (AvgIpc) is 2.82. The van der Waals surface area contributed by atoms with E-state index in [0.29, 0.717) is 19.6 Å². The number of methoxy groups -OCH3 is 1. The van der Waals surface area contributed by atoms with E-state index in [1.807, 2.05) is 61.5 Å². The Morgan fingerprint density at radius 1 is 1.12 bits per heavy atom. The fourth-order valence-corrected chi connectivity index (χ4v) is 3.79. The standard InChI is InChI=1S/C25H31N5O4/c1-3-19-12-7-8-13-20(19)27-21(31)17-29(14-9-15-34-2)22-23(26)30(25(33)28-24(22)32)16-18-10-5-4-6-11-18/h4-8,10-13H,3,9,14-17,26H2,1-2H3,(H,27,31)(H,28,32,33). The summed E-state index contributed by atoms with van der Waals surface area (Å²) in [5, 5.41) is 2.92. The van der Waals surface area contributed by atoms with Crippen LogP contribution in [0.5, 0.6) is 0 Å². The van der Waals surface area contributed by atoms with Crippen LogP contribution in [0.1, 0.15) is 24.5 Å². The number of nitrogen functional groups attached to an aromatic ring is 1. The number of nitrogens with zero attached hydrogens (tertiary/aromatic N) is 2. The molecule has 3 aromatic rings. The van der Waals surface area contributed by atoms with E-state index in [4.69, 9.17) is 10.5 Å². The second kappa shape index (κ2) is 11.9. The summed E-state index contributed by atoms with van der Waals surface area (Å²) in [6.07, 6.45) is 1.33. The first-order valence-electron chi connectivity index (χ1n) is 11.2. The maximum Gasteiger partial charge on any atom is 0.330 e. The normalized spacial score (nSPS) is 10.8. The number of para-hydroxylation sites is 1. The molecule has 9 nitrogen and oxygen atoms in total. The molecule has 0 atom stereocenters. The second-order valence-corrected chi connectivity index (χ2v) is 7.89. The zero-order valence-electron chi connectivity index (χ0n) is 19.5. The van der Waals surface area contributed by atoms with E-state index < -0.39 is 11.2 Å². The maximum absolute atomic E-state index is 13.0. The zero-order valence-corrected chi connectivity index (χ0v) is 19.5. The van der Waals surface area contributed by atoms with E-state index >= 15 is 0 Å². The number of carbonyl (C=O) groups is 1. The molecule has 1 heterocycles. The first-order valence-corrected chi connectivity index (χ1v) is 11.2. The number of rotatable bonds is 11. The fraction of sp³-hybridized carbons (Fsp3) is 0.320. The van der Waals surface area contributed by atoms with Crippen molar-refractivity contribution in [1.82, 2.24) is 9.55 Å². The van der Waals surface area contributed by atoms with Crippen LogP contribution in [0.3, 0.4) is 0 Å². The summed E-state index contributed by atoms with van der Waals surface area (Å²) in [5.74, 6) is -0.283. The highest BCUT2D eigenvalue weighted by atomic mass is 16.5. The summed E-state index contributed by atoms with van der Waals surface area (Å²) < 4.78 is 6.45. The topological polar surface area (TPSA) is 122 Å². The SMILES string of the molecule is CCc1ccccc1NC(=O)CN(CCCOC)c1c(N)n(Cc2ccccc2)c(=O)[nH]c1=O. The molecule has 9 heteroatoms. The van der Waals surface area contributed by atoms with Gasteiger partial charge in [0.25, 0.3) is 5.56 Å². The Bertz CT molecular complexity index is 1220. The summed E-state index contributed by atoms with van der Waals surface area (Å²) >= 11 is 0. The highest BCUT2D eigenvalue weighted by Crippen LogP contribution is 2.19. The predicted octanol–water partition coefficient (Wildman–Crippen LogP) is 2.21. The zero-order chi connectivity index (χ0) is 24.5. The molecule has 0 saturated carbocycles. The number of hydrogen-bond acceptors (Lipinski definition) is 6. The van der Waals surface area contributed by atoms with Gasteiger partial charge in [-0.2, -0.15) is 0 Å². The van der Waals surface area contributed by atoms with Crippen LogP contribution >= 0.6 is 0 Å². The van der Waals surface area contributed by atoms with E-state index in [-0.39, 0.29) is 30.5 Å². The molecule has 34 heavy (non-hydrogen) atoms. The highest BCUT2D eigenvalue weighted by Gasteiger charge is 2.21. The molecule has 0 saturated heterocycles. The third-order valence-corrected chi connectivity index (χ3v) is 5.50. The maximum atomic E-state index is 13.0. The molecule has 1 amide bonds. The van der Waals surface area contributed by atoms with Gasteiger partial charge in [-0.15, -0.1) is 0 Å². The first kappa shape index (κ1) is 24.8. The molecule has 1 aromatic heterocycles. The molecule has 0 fully saturated rings. The van der Waals surface area contributed by atoms with Crippen molar-refractivity contribution in [1.29, 1.82) is 0 Å². The molecular formula is C25H31N5O4. The quantitative estimate of drug-likeness (QED) is 0.373. The minimum Gasteiger partial charge on any atom is -0.385 e. The van der Waals surface area contributed by atoms with Crippen LogP contribution in [0.25, 0.3) is 0 Å². The largest absolute Gasteiger partial charge is 0.385 e. The molecule has 0 spiro atoms. The molecular weight excluding hydrogens is 434 g/mol. The van der Waals surface area contributed by atoms with Crippen LogP contribution in [-0.2, 0) is 22.5 Å². The van der Waals surface area contributed by atoms with E-state index in [1.165, 1.54) is 4.57 Å². The lowest BCUT2D eigenvalue weighted by molar-refractivity contribution is -0.115. The fourth-order valence-electron chi connectivity index (χ4n) is 3.79. The lowest BCUT2D eigenvalue weighted by atomic mass is 10.1. The molecule has 3 rings (SSSR count). The van der Waals surface area contributed by atoms with Gasteiger partial charge in [-0.05, 0) is 30.0 Å². The van der Waals surface area contributed by atoms with Gasteiger partial charge >= 0.3 is 5.69 Å². The van der Waals surface area contributed by atoms with Crippen LogP contribution < -0.4 is 27.2 Å². The Labute approximate surface area is 198 Å². The highest BCUT2D eigenvalue weighted by molar-refractivity contribution is 5.95. The summed E-state index contributed by atoms with van der Waals surface area (Å²) in [6, 6.07) is 16.9. The minimum absolute atomic E-state index is 0.0109. The van der Waals surface area contributed by atoms with Crippen molar-refractivity contribution in [2.45, 2.75) is 26.3 Å². The number of nitrogens with one attached hydrogen (secondary N) is 2. The second-order valence-electron chi connectivity index (χ2n) is 7.89. The van der Waals surface area contributed by atoms with E-state index in [9.17, 15) is 14.4 Å². The molecule has 0 bridgehead atoms. The number of benzene rings is 2. The number of hydrogen-bond donors (Lipinski definition) is 3. The molecule has 0 unspecified atom stereocenters. The number of anilines is 3. The van der Waals surface area contributed by atoms with Crippen molar-refractivity contribution in [3.05, 3.63) is 86.6 Å². The Hall–Kier alpha value is -3.85.